The summed E-state index contributed by atoms with van der Waals surface area (Å²) in [5.41, 5.74) is 0.371. The molecule has 2 aromatic rings. The Morgan fingerprint density at radius 1 is 1.30 bits per heavy atom. The highest BCUT2D eigenvalue weighted by molar-refractivity contribution is 9.10. The van der Waals surface area contributed by atoms with E-state index in [0.717, 1.165) is 25.0 Å². The van der Waals surface area contributed by atoms with Crippen LogP contribution in [0.4, 0.5) is 27.6 Å². The summed E-state index contributed by atoms with van der Waals surface area (Å²) < 4.78 is 67.7. The summed E-state index contributed by atoms with van der Waals surface area (Å²) in [5, 5.41) is 6.31. The number of hydrogen-bond acceptors (Lipinski definition) is 3. The normalized spacial score (nSPS) is 14.5. The molecule has 5 nitrogen and oxygen atoms in total. The van der Waals surface area contributed by atoms with Gasteiger partial charge in [-0.05, 0) is 53.0 Å². The molecule has 1 aliphatic rings. The molecule has 146 valence electrons. The van der Waals surface area contributed by atoms with Crippen molar-refractivity contribution in [2.75, 3.05) is 5.32 Å². The molecule has 0 spiro atoms. The van der Waals surface area contributed by atoms with Crippen molar-refractivity contribution in [3.63, 3.8) is 0 Å². The third-order valence-corrected chi connectivity index (χ3v) is 4.60. The second-order valence-electron chi connectivity index (χ2n) is 5.94. The quantitative estimate of drug-likeness (QED) is 0.626. The minimum atomic E-state index is -4.81. The van der Waals surface area contributed by atoms with Crippen LogP contribution in [0.5, 0.6) is 5.75 Å². The zero-order valence-corrected chi connectivity index (χ0v) is 15.2. The fourth-order valence-corrected chi connectivity index (χ4v) is 3.34. The van der Waals surface area contributed by atoms with Crippen molar-refractivity contribution >= 4 is 27.5 Å². The summed E-state index contributed by atoms with van der Waals surface area (Å²) in [7, 11) is 0. The number of rotatable bonds is 6. The maximum absolute atomic E-state index is 13.0. The maximum Gasteiger partial charge on any atom is 0.573 e. The van der Waals surface area contributed by atoms with E-state index >= 15 is 0 Å². The third kappa shape index (κ3) is 4.96. The van der Waals surface area contributed by atoms with Gasteiger partial charge in [0.15, 0.2) is 0 Å². The van der Waals surface area contributed by atoms with Crippen LogP contribution < -0.4 is 10.1 Å². The van der Waals surface area contributed by atoms with Crippen LogP contribution in [0.25, 0.3) is 0 Å². The highest BCUT2D eigenvalue weighted by atomic mass is 79.9. The second-order valence-corrected chi connectivity index (χ2v) is 6.73. The third-order valence-electron chi connectivity index (χ3n) is 3.79. The molecule has 0 atom stereocenters. The van der Waals surface area contributed by atoms with E-state index in [1.54, 1.807) is 0 Å². The molecule has 1 amide bonds. The van der Waals surface area contributed by atoms with Crippen LogP contribution >= 0.6 is 15.9 Å². The number of amides is 1. The zero-order valence-electron chi connectivity index (χ0n) is 13.6. The van der Waals surface area contributed by atoms with Crippen LogP contribution in [0, 0.1) is 0 Å². The monoisotopic (exact) mass is 453 g/mol. The number of halogens is 6. The molecule has 11 heteroatoms. The molecule has 0 radical (unpaired) electrons. The standard InChI is InChI=1S/C16H13BrF5N3O2/c17-12-13(15(18)19)24-25(14(12)8-1-2-8)7-11(26)23-9-3-5-10(6-4-9)27-16(20,21)22/h3-6,8,15H,1-2,7H2,(H,23,26). The Kier molecular flexibility index (Phi) is 5.41. The van der Waals surface area contributed by atoms with Gasteiger partial charge in [-0.3, -0.25) is 9.48 Å². The predicted octanol–water partition coefficient (Wildman–Crippen LogP) is 5.00. The van der Waals surface area contributed by atoms with Crippen molar-refractivity contribution in [3.05, 3.63) is 40.1 Å². The van der Waals surface area contributed by atoms with Gasteiger partial charge in [-0.15, -0.1) is 13.2 Å². The number of alkyl halides is 5. The first-order chi connectivity index (χ1) is 12.6. The molecular weight excluding hydrogens is 441 g/mol. The van der Waals surface area contributed by atoms with Gasteiger partial charge >= 0.3 is 6.36 Å². The Balaban J connectivity index is 1.68. The van der Waals surface area contributed by atoms with Crippen LogP contribution in [0.1, 0.15) is 36.6 Å². The topological polar surface area (TPSA) is 56.2 Å². The molecule has 0 bridgehead atoms. The van der Waals surface area contributed by atoms with Crippen molar-refractivity contribution < 1.29 is 31.5 Å². The van der Waals surface area contributed by atoms with E-state index in [4.69, 9.17) is 0 Å². The first kappa shape index (κ1) is 19.6. The lowest BCUT2D eigenvalue weighted by Gasteiger charge is -2.11. The first-order valence-corrected chi connectivity index (χ1v) is 8.63. The lowest BCUT2D eigenvalue weighted by atomic mass is 10.2. The van der Waals surface area contributed by atoms with E-state index in [9.17, 15) is 26.7 Å². The molecule has 1 fully saturated rings. The lowest BCUT2D eigenvalue weighted by molar-refractivity contribution is -0.274. The van der Waals surface area contributed by atoms with Gasteiger partial charge in [0.25, 0.3) is 6.43 Å². The number of carbonyl (C=O) groups is 1. The largest absolute Gasteiger partial charge is 0.573 e. The number of aromatic nitrogens is 2. The zero-order chi connectivity index (χ0) is 19.8. The van der Waals surface area contributed by atoms with Gasteiger partial charge in [-0.25, -0.2) is 8.78 Å². The minimum Gasteiger partial charge on any atom is -0.406 e. The molecule has 1 saturated carbocycles. The SMILES string of the molecule is O=C(Cn1nc(C(F)F)c(Br)c1C1CC1)Nc1ccc(OC(F)(F)F)cc1. The molecular formula is C16H13BrF5N3O2. The Morgan fingerprint density at radius 2 is 1.93 bits per heavy atom. The molecule has 0 unspecified atom stereocenters. The first-order valence-electron chi connectivity index (χ1n) is 7.84. The molecule has 1 N–H and O–H groups in total. The number of carbonyl (C=O) groups excluding carboxylic acids is 1. The minimum absolute atomic E-state index is 0.0750. The van der Waals surface area contributed by atoms with Crippen LogP contribution in [0.3, 0.4) is 0 Å². The summed E-state index contributed by atoms with van der Waals surface area (Å²) >= 11 is 3.13. The van der Waals surface area contributed by atoms with Crippen LogP contribution in [0.15, 0.2) is 28.7 Å². The molecule has 1 aromatic carbocycles. The summed E-state index contributed by atoms with van der Waals surface area (Å²) in [6, 6.07) is 4.59. The molecule has 0 saturated heterocycles. The maximum atomic E-state index is 13.0. The van der Waals surface area contributed by atoms with Gasteiger partial charge in [0, 0.05) is 11.6 Å². The number of anilines is 1. The molecule has 1 aliphatic carbocycles. The lowest BCUT2D eigenvalue weighted by Crippen LogP contribution is -2.21. The van der Waals surface area contributed by atoms with Crippen molar-refractivity contribution in [3.8, 4) is 5.75 Å². The Bertz CT molecular complexity index is 832. The summed E-state index contributed by atoms with van der Waals surface area (Å²) in [6.07, 6.45) is -5.92. The van der Waals surface area contributed by atoms with Crippen LogP contribution in [-0.4, -0.2) is 22.1 Å². The summed E-state index contributed by atoms with van der Waals surface area (Å²) in [6.45, 7) is -0.294. The molecule has 3 rings (SSSR count). The van der Waals surface area contributed by atoms with E-state index < -0.39 is 30.1 Å². The second kappa shape index (κ2) is 7.45. The molecule has 0 aliphatic heterocycles. The van der Waals surface area contributed by atoms with Gasteiger partial charge in [0.1, 0.15) is 18.0 Å². The summed E-state index contributed by atoms with van der Waals surface area (Å²) in [4.78, 5) is 12.2. The van der Waals surface area contributed by atoms with Crippen molar-refractivity contribution in [1.82, 2.24) is 9.78 Å². The highest BCUT2D eigenvalue weighted by Crippen LogP contribution is 2.45. The van der Waals surface area contributed by atoms with E-state index in [1.807, 2.05) is 0 Å². The average molecular weight is 454 g/mol. The fourth-order valence-electron chi connectivity index (χ4n) is 2.56. The van der Waals surface area contributed by atoms with E-state index in [0.29, 0.717) is 5.69 Å². The van der Waals surface area contributed by atoms with Crippen LogP contribution in [0.2, 0.25) is 0 Å². The number of benzene rings is 1. The fraction of sp³-hybridized carbons (Fsp3) is 0.375. The Labute approximate surface area is 158 Å². The number of nitrogens with zero attached hydrogens (tertiary/aromatic N) is 2. The van der Waals surface area contributed by atoms with Gasteiger partial charge < -0.3 is 10.1 Å². The Morgan fingerprint density at radius 3 is 2.44 bits per heavy atom. The number of nitrogens with one attached hydrogen (secondary N) is 1. The van der Waals surface area contributed by atoms with E-state index in [-0.39, 0.29) is 22.6 Å². The average Bonchev–Trinajstić information content (AvgIpc) is 3.32. The smallest absolute Gasteiger partial charge is 0.406 e. The molecule has 27 heavy (non-hydrogen) atoms. The highest BCUT2D eigenvalue weighted by Gasteiger charge is 2.34. The van der Waals surface area contributed by atoms with Crippen molar-refractivity contribution in [2.45, 2.75) is 38.1 Å². The van der Waals surface area contributed by atoms with Crippen molar-refractivity contribution in [1.29, 1.82) is 0 Å². The van der Waals surface area contributed by atoms with Gasteiger partial charge in [0.05, 0.1) is 10.2 Å². The van der Waals surface area contributed by atoms with E-state index in [1.165, 1.54) is 16.8 Å². The van der Waals surface area contributed by atoms with Crippen molar-refractivity contribution in [2.24, 2.45) is 0 Å². The predicted molar refractivity (Wildman–Crippen MR) is 88.6 cm³/mol. The number of hydrogen-bond donors (Lipinski definition) is 1. The van der Waals surface area contributed by atoms with Gasteiger partial charge in [-0.1, -0.05) is 0 Å². The van der Waals surface area contributed by atoms with Gasteiger partial charge in [0.2, 0.25) is 5.91 Å². The van der Waals surface area contributed by atoms with Crippen LogP contribution in [-0.2, 0) is 11.3 Å². The van der Waals surface area contributed by atoms with E-state index in [2.05, 4.69) is 31.1 Å². The number of ether oxygens (including phenoxy) is 1. The molecule has 1 aromatic heterocycles. The van der Waals surface area contributed by atoms with Gasteiger partial charge in [-0.2, -0.15) is 5.10 Å². The summed E-state index contributed by atoms with van der Waals surface area (Å²) in [5.74, 6) is -0.891. The molecule has 1 heterocycles. The Hall–Kier alpha value is -2.17.